The Labute approximate surface area is 289 Å². The summed E-state index contributed by atoms with van der Waals surface area (Å²) in [7, 11) is 0. The van der Waals surface area contributed by atoms with Crippen molar-refractivity contribution in [1.82, 2.24) is 31.9 Å². The minimum Gasteiger partial charge on any atom is -0.368 e. The van der Waals surface area contributed by atoms with Crippen molar-refractivity contribution in [3.63, 3.8) is 0 Å². The van der Waals surface area contributed by atoms with Crippen molar-refractivity contribution < 1.29 is 28.8 Å². The Kier molecular flexibility index (Phi) is 16.9. The lowest BCUT2D eigenvalue weighted by Gasteiger charge is -2.28. The van der Waals surface area contributed by atoms with Crippen LogP contribution in [0, 0.1) is 11.8 Å². The lowest BCUT2D eigenvalue weighted by molar-refractivity contribution is -0.135. The molecular formula is C36H53N7O6. The van der Waals surface area contributed by atoms with Gasteiger partial charge in [-0.1, -0.05) is 95.3 Å². The molecule has 0 aromatic heterocycles. The SMILES string of the molecule is CCNCC(=O)N[C@H](C)C(=O)N[C@H](Cc1ccccc1)C(=O)N[C@H](Cc1ccccc1)C(=O)N[C@@H](C(=O)N[C@H](CC(C)C)C(N)=O)C(C)C. The molecule has 0 spiro atoms. The zero-order chi connectivity index (χ0) is 36.5. The van der Waals surface area contributed by atoms with E-state index in [0.29, 0.717) is 13.0 Å². The summed E-state index contributed by atoms with van der Waals surface area (Å²) in [5, 5.41) is 16.5. The number of hydrogen-bond acceptors (Lipinski definition) is 7. The van der Waals surface area contributed by atoms with Gasteiger partial charge in [0.25, 0.3) is 0 Å². The van der Waals surface area contributed by atoms with E-state index in [1.54, 1.807) is 26.0 Å². The molecule has 2 rings (SSSR count). The van der Waals surface area contributed by atoms with E-state index in [-0.39, 0.29) is 37.1 Å². The van der Waals surface area contributed by atoms with Gasteiger partial charge in [0.2, 0.25) is 35.4 Å². The molecule has 2 aromatic carbocycles. The van der Waals surface area contributed by atoms with Gasteiger partial charge in [0.05, 0.1) is 6.54 Å². The third-order valence-corrected chi connectivity index (χ3v) is 7.75. The fourth-order valence-corrected chi connectivity index (χ4v) is 5.05. The largest absolute Gasteiger partial charge is 0.368 e. The standard InChI is InChI=1S/C36H53N7O6/c1-7-38-21-30(44)39-24(6)33(46)41-28(19-25-14-10-8-11-15-25)34(47)42-29(20-26-16-12-9-13-17-26)35(48)43-31(23(4)5)36(49)40-27(32(37)45)18-22(2)3/h8-17,22-24,27-29,31,38H,7,18-21H2,1-6H3,(H2,37,45)(H,39,44)(H,40,49)(H,41,46)(H,42,47)(H,43,48)/t24-,27-,28-,29-,31-/m1/s1. The van der Waals surface area contributed by atoms with Gasteiger partial charge in [-0.05, 0) is 42.9 Å². The summed E-state index contributed by atoms with van der Waals surface area (Å²) in [5.74, 6) is -3.75. The van der Waals surface area contributed by atoms with Crippen molar-refractivity contribution >= 4 is 35.4 Å². The molecule has 0 aliphatic heterocycles. The normalized spacial score (nSPS) is 14.1. The molecule has 0 saturated heterocycles. The van der Waals surface area contributed by atoms with Gasteiger partial charge in [0, 0.05) is 12.8 Å². The molecule has 49 heavy (non-hydrogen) atoms. The van der Waals surface area contributed by atoms with Crippen LogP contribution in [-0.4, -0.2) is 78.7 Å². The molecule has 0 radical (unpaired) electrons. The number of hydrogen-bond donors (Lipinski definition) is 7. The third kappa shape index (κ3) is 14.5. The van der Waals surface area contributed by atoms with Crippen LogP contribution >= 0.6 is 0 Å². The number of nitrogens with one attached hydrogen (secondary N) is 6. The summed E-state index contributed by atoms with van der Waals surface area (Å²) < 4.78 is 0. The molecule has 6 amide bonds. The van der Waals surface area contributed by atoms with Crippen LogP contribution in [0.5, 0.6) is 0 Å². The maximum atomic E-state index is 13.9. The quantitative estimate of drug-likeness (QED) is 0.107. The van der Waals surface area contributed by atoms with Gasteiger partial charge in [-0.2, -0.15) is 0 Å². The molecule has 0 aliphatic rings. The summed E-state index contributed by atoms with van der Waals surface area (Å²) in [5.41, 5.74) is 7.05. The van der Waals surface area contributed by atoms with Gasteiger partial charge in [0.15, 0.2) is 0 Å². The highest BCUT2D eigenvalue weighted by Gasteiger charge is 2.33. The molecule has 0 aliphatic carbocycles. The number of rotatable bonds is 20. The van der Waals surface area contributed by atoms with Crippen molar-refractivity contribution in [2.24, 2.45) is 17.6 Å². The van der Waals surface area contributed by atoms with Crippen LogP contribution in [0.4, 0.5) is 0 Å². The third-order valence-electron chi connectivity index (χ3n) is 7.75. The highest BCUT2D eigenvalue weighted by Crippen LogP contribution is 2.11. The Balaban J connectivity index is 2.34. The Morgan fingerprint density at radius 1 is 0.612 bits per heavy atom. The van der Waals surface area contributed by atoms with Crippen LogP contribution in [0.2, 0.25) is 0 Å². The number of amides is 6. The number of carbonyl (C=O) groups is 6. The van der Waals surface area contributed by atoms with Crippen LogP contribution in [0.1, 0.15) is 59.1 Å². The fourth-order valence-electron chi connectivity index (χ4n) is 5.05. The summed E-state index contributed by atoms with van der Waals surface area (Å²) in [6, 6.07) is 13.0. The van der Waals surface area contributed by atoms with E-state index in [1.807, 2.05) is 69.3 Å². The van der Waals surface area contributed by atoms with Gasteiger partial charge in [-0.25, -0.2) is 0 Å². The Hall–Kier alpha value is -4.78. The maximum absolute atomic E-state index is 13.9. The van der Waals surface area contributed by atoms with Crippen molar-refractivity contribution in [2.45, 2.75) is 91.0 Å². The van der Waals surface area contributed by atoms with E-state index in [4.69, 9.17) is 5.73 Å². The molecule has 0 bridgehead atoms. The first-order valence-electron chi connectivity index (χ1n) is 16.8. The highest BCUT2D eigenvalue weighted by atomic mass is 16.2. The molecule has 0 fully saturated rings. The van der Waals surface area contributed by atoms with E-state index in [1.165, 1.54) is 6.92 Å². The minimum atomic E-state index is -1.14. The van der Waals surface area contributed by atoms with Gasteiger partial charge >= 0.3 is 0 Å². The molecular weight excluding hydrogens is 626 g/mol. The first-order chi connectivity index (χ1) is 23.2. The number of carbonyl (C=O) groups excluding carboxylic acids is 6. The average molecular weight is 680 g/mol. The minimum absolute atomic E-state index is 0.0363. The molecule has 2 aromatic rings. The first kappa shape index (κ1) is 40.4. The lowest BCUT2D eigenvalue weighted by atomic mass is 9.98. The van der Waals surface area contributed by atoms with E-state index in [2.05, 4.69) is 31.9 Å². The number of nitrogens with two attached hydrogens (primary N) is 1. The Morgan fingerprint density at radius 2 is 1.08 bits per heavy atom. The van der Waals surface area contributed by atoms with Crippen molar-refractivity contribution in [1.29, 1.82) is 0 Å². The predicted octanol–water partition coefficient (Wildman–Crippen LogP) is 0.713. The molecule has 5 atom stereocenters. The van der Waals surface area contributed by atoms with E-state index in [0.717, 1.165) is 11.1 Å². The van der Waals surface area contributed by atoms with Gasteiger partial charge in [-0.15, -0.1) is 0 Å². The average Bonchev–Trinajstić information content (AvgIpc) is 3.05. The molecule has 0 unspecified atom stereocenters. The highest BCUT2D eigenvalue weighted by molar-refractivity contribution is 5.96. The summed E-state index contributed by atoms with van der Waals surface area (Å²) >= 11 is 0. The predicted molar refractivity (Wildman–Crippen MR) is 188 cm³/mol. The molecule has 0 saturated carbocycles. The van der Waals surface area contributed by atoms with Gasteiger partial charge < -0.3 is 37.6 Å². The second-order valence-corrected chi connectivity index (χ2v) is 12.9. The number of benzene rings is 2. The second kappa shape index (κ2) is 20.6. The fraction of sp³-hybridized carbons (Fsp3) is 0.500. The van der Waals surface area contributed by atoms with E-state index in [9.17, 15) is 28.8 Å². The molecule has 268 valence electrons. The number of likely N-dealkylation sites (N-methyl/N-ethyl adjacent to an activating group) is 1. The summed E-state index contributed by atoms with van der Waals surface area (Å²) in [6.45, 7) is 11.3. The summed E-state index contributed by atoms with van der Waals surface area (Å²) in [6.07, 6.45) is 0.529. The van der Waals surface area contributed by atoms with Gasteiger partial charge in [0.1, 0.15) is 30.2 Å². The molecule has 0 heterocycles. The zero-order valence-corrected chi connectivity index (χ0v) is 29.4. The Morgan fingerprint density at radius 3 is 1.53 bits per heavy atom. The second-order valence-electron chi connectivity index (χ2n) is 12.9. The maximum Gasteiger partial charge on any atom is 0.243 e. The van der Waals surface area contributed by atoms with Crippen LogP contribution in [0.3, 0.4) is 0 Å². The van der Waals surface area contributed by atoms with E-state index < -0.39 is 59.7 Å². The van der Waals surface area contributed by atoms with Crippen LogP contribution < -0.4 is 37.6 Å². The molecule has 13 nitrogen and oxygen atoms in total. The van der Waals surface area contributed by atoms with Crippen LogP contribution in [0.15, 0.2) is 60.7 Å². The Bertz CT molecular complexity index is 1390. The van der Waals surface area contributed by atoms with Crippen molar-refractivity contribution in [3.05, 3.63) is 71.8 Å². The lowest BCUT2D eigenvalue weighted by Crippen LogP contribution is -2.60. The molecule has 8 N–H and O–H groups in total. The van der Waals surface area contributed by atoms with E-state index >= 15 is 0 Å². The smallest absolute Gasteiger partial charge is 0.243 e. The summed E-state index contributed by atoms with van der Waals surface area (Å²) in [4.78, 5) is 78.6. The first-order valence-corrected chi connectivity index (χ1v) is 16.8. The van der Waals surface area contributed by atoms with Crippen molar-refractivity contribution in [2.75, 3.05) is 13.1 Å². The van der Waals surface area contributed by atoms with Gasteiger partial charge in [-0.3, -0.25) is 28.8 Å². The van der Waals surface area contributed by atoms with Crippen LogP contribution in [0.25, 0.3) is 0 Å². The van der Waals surface area contributed by atoms with Crippen LogP contribution in [-0.2, 0) is 41.6 Å². The topological polar surface area (TPSA) is 201 Å². The number of primary amides is 1. The monoisotopic (exact) mass is 679 g/mol. The zero-order valence-electron chi connectivity index (χ0n) is 29.4. The molecule has 13 heteroatoms. The van der Waals surface area contributed by atoms with Crippen molar-refractivity contribution in [3.8, 4) is 0 Å².